The van der Waals surface area contributed by atoms with Gasteiger partial charge in [0.05, 0.1) is 18.3 Å². The molecule has 5 nitrogen and oxygen atoms in total. The van der Waals surface area contributed by atoms with E-state index in [0.29, 0.717) is 39.3 Å². The van der Waals surface area contributed by atoms with Gasteiger partial charge in [-0.3, -0.25) is 4.79 Å². The molecule has 1 amide bonds. The molecule has 0 saturated carbocycles. The monoisotopic (exact) mass is 442 g/mol. The van der Waals surface area contributed by atoms with Gasteiger partial charge < -0.3 is 9.47 Å². The first-order valence-electron chi connectivity index (χ1n) is 9.11. The predicted octanol–water partition coefficient (Wildman–Crippen LogP) is 5.65. The van der Waals surface area contributed by atoms with E-state index in [4.69, 9.17) is 32.7 Å². The number of nitrogens with one attached hydrogen (secondary N) is 1. The van der Waals surface area contributed by atoms with Crippen molar-refractivity contribution in [1.82, 2.24) is 5.43 Å². The highest BCUT2D eigenvalue weighted by Crippen LogP contribution is 2.36. The van der Waals surface area contributed by atoms with Gasteiger partial charge in [0.25, 0.3) is 5.91 Å². The van der Waals surface area contributed by atoms with Gasteiger partial charge >= 0.3 is 0 Å². The summed E-state index contributed by atoms with van der Waals surface area (Å²) in [5, 5.41) is 5.05. The van der Waals surface area contributed by atoms with Crippen LogP contribution < -0.4 is 14.9 Å². The van der Waals surface area contributed by atoms with E-state index in [1.54, 1.807) is 36.4 Å². The van der Waals surface area contributed by atoms with Crippen molar-refractivity contribution < 1.29 is 14.3 Å². The molecule has 30 heavy (non-hydrogen) atoms. The third-order valence-corrected chi connectivity index (χ3v) is 4.85. The average molecular weight is 443 g/mol. The molecule has 0 atom stereocenters. The average Bonchev–Trinajstić information content (AvgIpc) is 2.74. The summed E-state index contributed by atoms with van der Waals surface area (Å²) in [5.74, 6) is 0.601. The van der Waals surface area contributed by atoms with Crippen LogP contribution in [-0.4, -0.2) is 19.2 Å². The number of hydrazone groups is 1. The molecule has 0 radical (unpaired) electrons. The van der Waals surface area contributed by atoms with Gasteiger partial charge in [-0.25, -0.2) is 5.43 Å². The Labute approximate surface area is 185 Å². The topological polar surface area (TPSA) is 59.9 Å². The highest BCUT2D eigenvalue weighted by atomic mass is 35.5. The number of nitrogens with zero attached hydrogens (tertiary/aromatic N) is 1. The Kier molecular flexibility index (Phi) is 7.33. The lowest BCUT2D eigenvalue weighted by Crippen LogP contribution is -2.18. The van der Waals surface area contributed by atoms with Crippen molar-refractivity contribution in [2.24, 2.45) is 5.10 Å². The van der Waals surface area contributed by atoms with Crippen LogP contribution >= 0.6 is 23.2 Å². The summed E-state index contributed by atoms with van der Waals surface area (Å²) < 4.78 is 11.2. The second-order valence-corrected chi connectivity index (χ2v) is 7.31. The maximum absolute atomic E-state index is 12.2. The van der Waals surface area contributed by atoms with Crippen molar-refractivity contribution in [3.8, 4) is 11.5 Å². The van der Waals surface area contributed by atoms with Gasteiger partial charge in [0.15, 0.2) is 11.5 Å². The molecule has 0 bridgehead atoms. The van der Waals surface area contributed by atoms with Gasteiger partial charge in [0.1, 0.15) is 6.61 Å². The number of aryl methyl sites for hydroxylation is 1. The normalized spacial score (nSPS) is 10.8. The van der Waals surface area contributed by atoms with Crippen LogP contribution in [0, 0.1) is 6.92 Å². The number of rotatable bonds is 7. The summed E-state index contributed by atoms with van der Waals surface area (Å²) in [7, 11) is 1.53. The number of carbonyl (C=O) groups is 1. The van der Waals surface area contributed by atoms with Crippen LogP contribution in [0.15, 0.2) is 65.8 Å². The fourth-order valence-electron chi connectivity index (χ4n) is 2.74. The molecule has 0 spiro atoms. The largest absolute Gasteiger partial charge is 0.493 e. The molecule has 7 heteroatoms. The predicted molar refractivity (Wildman–Crippen MR) is 120 cm³/mol. The number of methoxy groups -OCH3 is 1. The second kappa shape index (κ2) is 10.1. The zero-order valence-electron chi connectivity index (χ0n) is 16.5. The van der Waals surface area contributed by atoms with E-state index in [-0.39, 0.29) is 5.91 Å². The Hall–Kier alpha value is -3.02. The number of hydrogen-bond acceptors (Lipinski definition) is 4. The SMILES string of the molecule is COc1cc(/C=N/NC(=O)c2ccccc2C)cc(Cl)c1OCc1ccc(Cl)cc1. The summed E-state index contributed by atoms with van der Waals surface area (Å²) >= 11 is 12.3. The van der Waals surface area contributed by atoms with Crippen LogP contribution in [0.4, 0.5) is 0 Å². The molecule has 3 rings (SSSR count). The Balaban J connectivity index is 1.70. The van der Waals surface area contributed by atoms with Gasteiger partial charge in [-0.1, -0.05) is 53.5 Å². The van der Waals surface area contributed by atoms with E-state index >= 15 is 0 Å². The van der Waals surface area contributed by atoms with E-state index in [1.807, 2.05) is 31.2 Å². The van der Waals surface area contributed by atoms with E-state index in [0.717, 1.165) is 11.1 Å². The van der Waals surface area contributed by atoms with E-state index < -0.39 is 0 Å². The minimum atomic E-state index is -0.287. The van der Waals surface area contributed by atoms with E-state index in [9.17, 15) is 4.79 Å². The fourth-order valence-corrected chi connectivity index (χ4v) is 3.14. The van der Waals surface area contributed by atoms with E-state index in [2.05, 4.69) is 10.5 Å². The Morgan fingerprint density at radius 1 is 1.10 bits per heavy atom. The van der Waals surface area contributed by atoms with Crippen LogP contribution in [0.2, 0.25) is 10.0 Å². The number of ether oxygens (including phenoxy) is 2. The first-order chi connectivity index (χ1) is 14.5. The van der Waals surface area contributed by atoms with Crippen molar-refractivity contribution in [3.63, 3.8) is 0 Å². The third-order valence-electron chi connectivity index (χ3n) is 4.32. The lowest BCUT2D eigenvalue weighted by molar-refractivity contribution is 0.0954. The summed E-state index contributed by atoms with van der Waals surface area (Å²) in [6.07, 6.45) is 1.49. The Morgan fingerprint density at radius 3 is 2.53 bits per heavy atom. The van der Waals surface area contributed by atoms with E-state index in [1.165, 1.54) is 13.3 Å². The van der Waals surface area contributed by atoms with Crippen LogP contribution in [0.3, 0.4) is 0 Å². The zero-order chi connectivity index (χ0) is 21.5. The molecule has 0 aliphatic heterocycles. The molecule has 0 heterocycles. The molecular weight excluding hydrogens is 423 g/mol. The van der Waals surface area contributed by atoms with Crippen molar-refractivity contribution in [2.75, 3.05) is 7.11 Å². The van der Waals surface area contributed by atoms with Crippen molar-refractivity contribution in [2.45, 2.75) is 13.5 Å². The Bertz CT molecular complexity index is 1070. The molecule has 154 valence electrons. The molecule has 0 saturated heterocycles. The summed E-state index contributed by atoms with van der Waals surface area (Å²) in [6, 6.07) is 18.0. The number of benzene rings is 3. The fraction of sp³-hybridized carbons (Fsp3) is 0.130. The van der Waals surface area contributed by atoms with Crippen molar-refractivity contribution in [1.29, 1.82) is 0 Å². The van der Waals surface area contributed by atoms with Crippen LogP contribution in [0.1, 0.15) is 27.0 Å². The molecule has 0 aromatic heterocycles. The maximum atomic E-state index is 12.2. The number of hydrogen-bond donors (Lipinski definition) is 1. The Morgan fingerprint density at radius 2 is 1.83 bits per heavy atom. The number of halogens is 2. The van der Waals surface area contributed by atoms with Gasteiger partial charge in [-0.2, -0.15) is 5.10 Å². The molecule has 3 aromatic carbocycles. The minimum absolute atomic E-state index is 0.287. The van der Waals surface area contributed by atoms with Crippen molar-refractivity contribution >= 4 is 35.3 Å². The quantitative estimate of drug-likeness (QED) is 0.379. The van der Waals surface area contributed by atoms with Crippen LogP contribution in [-0.2, 0) is 6.61 Å². The summed E-state index contributed by atoms with van der Waals surface area (Å²) in [4.78, 5) is 12.2. The smallest absolute Gasteiger partial charge is 0.271 e. The highest BCUT2D eigenvalue weighted by molar-refractivity contribution is 6.32. The van der Waals surface area contributed by atoms with Gasteiger partial charge in [-0.05, 0) is 53.9 Å². The molecule has 1 N–H and O–H groups in total. The molecular formula is C23H20Cl2N2O3. The third kappa shape index (κ3) is 5.53. The highest BCUT2D eigenvalue weighted by Gasteiger charge is 2.12. The van der Waals surface area contributed by atoms with Crippen LogP contribution in [0.5, 0.6) is 11.5 Å². The molecule has 0 unspecified atom stereocenters. The standard InChI is InChI=1S/C23H20Cl2N2O3/c1-15-5-3-4-6-19(15)23(28)27-26-13-17-11-20(25)22(21(12-17)29-2)30-14-16-7-9-18(24)10-8-16/h3-13H,14H2,1-2H3,(H,27,28)/b26-13+. The summed E-state index contributed by atoms with van der Waals surface area (Å²) in [6.45, 7) is 2.18. The van der Waals surface area contributed by atoms with Crippen LogP contribution in [0.25, 0.3) is 0 Å². The molecule has 0 aliphatic rings. The first kappa shape index (κ1) is 21.7. The summed E-state index contributed by atoms with van der Waals surface area (Å²) in [5.41, 5.74) is 5.55. The van der Waals surface area contributed by atoms with Crippen molar-refractivity contribution in [3.05, 3.63) is 93.0 Å². The maximum Gasteiger partial charge on any atom is 0.271 e. The molecule has 3 aromatic rings. The zero-order valence-corrected chi connectivity index (χ0v) is 18.0. The van der Waals surface area contributed by atoms with Gasteiger partial charge in [0, 0.05) is 10.6 Å². The second-order valence-electron chi connectivity index (χ2n) is 6.46. The molecule has 0 fully saturated rings. The molecule has 0 aliphatic carbocycles. The van der Waals surface area contributed by atoms with Gasteiger partial charge in [-0.15, -0.1) is 0 Å². The lowest BCUT2D eigenvalue weighted by atomic mass is 10.1. The number of carbonyl (C=O) groups excluding carboxylic acids is 1. The first-order valence-corrected chi connectivity index (χ1v) is 9.87. The minimum Gasteiger partial charge on any atom is -0.493 e. The lowest BCUT2D eigenvalue weighted by Gasteiger charge is -2.13. The number of amides is 1. The van der Waals surface area contributed by atoms with Gasteiger partial charge in [0.2, 0.25) is 0 Å².